The normalized spacial score (nSPS) is 14.6. The van der Waals surface area contributed by atoms with Crippen LogP contribution >= 0.6 is 15.6 Å². The molecule has 0 heterocycles. The summed E-state index contributed by atoms with van der Waals surface area (Å²) in [5, 5.41) is 10.5. The highest BCUT2D eigenvalue weighted by atomic mass is 31.2. The third-order valence-electron chi connectivity index (χ3n) is 15.1. The van der Waals surface area contributed by atoms with Gasteiger partial charge in [0.15, 0.2) is 12.2 Å². The molecule has 0 aliphatic rings. The number of aliphatic hydroxyl groups is 1. The fourth-order valence-electron chi connectivity index (χ4n) is 9.55. The molecule has 0 amide bonds. The molecule has 19 heteroatoms. The monoisotopic (exact) mass is 1230 g/mol. The molecule has 17 nitrogen and oxygen atoms in total. The lowest BCUT2D eigenvalue weighted by Gasteiger charge is -2.21. The van der Waals surface area contributed by atoms with Crippen molar-refractivity contribution in [1.29, 1.82) is 0 Å². The van der Waals surface area contributed by atoms with E-state index in [9.17, 15) is 43.2 Å². The Labute approximate surface area is 505 Å². The van der Waals surface area contributed by atoms with Crippen LogP contribution in [0.2, 0.25) is 0 Å². The summed E-state index contributed by atoms with van der Waals surface area (Å²) >= 11 is 0. The van der Waals surface area contributed by atoms with Crippen LogP contribution in [0.25, 0.3) is 0 Å². The SMILES string of the molecule is CCCCCCCCCCCCCCC(=O)OC[C@H](COP(=O)(O)OC[C@@H](O)COP(=O)(O)OC[C@@H](COC(=O)CCCCCCCCCCC)OC(=O)CCCCCCCCC(C)CC)OC(=O)CCCCCCCCCCCCCC. The molecule has 0 saturated carbocycles. The first-order chi connectivity index (χ1) is 40.1. The van der Waals surface area contributed by atoms with E-state index >= 15 is 0 Å². The molecule has 0 aromatic heterocycles. The number of hydrogen-bond acceptors (Lipinski definition) is 15. The number of hydrogen-bond donors (Lipinski definition) is 3. The molecule has 0 fully saturated rings. The number of carbonyl (C=O) groups excluding carboxylic acids is 4. The summed E-state index contributed by atoms with van der Waals surface area (Å²) in [5.74, 6) is -1.41. The second-order valence-corrected chi connectivity index (χ2v) is 26.3. The summed E-state index contributed by atoms with van der Waals surface area (Å²) in [6.07, 6.45) is 41.6. The van der Waals surface area contributed by atoms with Gasteiger partial charge in [-0.2, -0.15) is 0 Å². The van der Waals surface area contributed by atoms with Crippen molar-refractivity contribution in [3.63, 3.8) is 0 Å². The molecule has 3 N–H and O–H groups in total. The van der Waals surface area contributed by atoms with Crippen LogP contribution in [0, 0.1) is 5.92 Å². The molecular weight excluding hydrogens is 1100 g/mol. The van der Waals surface area contributed by atoms with E-state index in [2.05, 4.69) is 34.6 Å². The number of esters is 4. The van der Waals surface area contributed by atoms with Crippen molar-refractivity contribution in [2.75, 3.05) is 39.6 Å². The molecule has 3 unspecified atom stereocenters. The standard InChI is InChI=1S/C64H124O17P2/c1-6-10-13-16-19-22-24-26-29-32-38-43-48-62(67)75-53-59(80-63(68)49-44-39-33-30-27-25-23-20-17-14-11-7-2)55-78-82(70,71)76-51-58(65)52-77-83(72,73)79-56-60(54-74-61(66)47-42-37-31-28-21-18-15-12-8-3)81-64(69)50-45-40-35-34-36-41-46-57(5)9-4/h57-60,65H,6-56H2,1-5H3,(H,70,71)(H,72,73)/t57?,58-,59-,60-/m1/s1. The molecule has 0 rings (SSSR count). The smallest absolute Gasteiger partial charge is 0.462 e. The first kappa shape index (κ1) is 81.1. The molecule has 492 valence electrons. The largest absolute Gasteiger partial charge is 0.472 e. The topological polar surface area (TPSA) is 237 Å². The number of rotatable bonds is 64. The molecule has 0 saturated heterocycles. The van der Waals surface area contributed by atoms with Gasteiger partial charge in [0.2, 0.25) is 0 Å². The predicted octanol–water partition coefficient (Wildman–Crippen LogP) is 17.8. The Morgan fingerprint density at radius 3 is 0.855 bits per heavy atom. The third-order valence-corrected chi connectivity index (χ3v) is 17.0. The lowest BCUT2D eigenvalue weighted by Crippen LogP contribution is -2.30. The molecular formula is C64H124O17P2. The molecule has 0 aromatic carbocycles. The van der Waals surface area contributed by atoms with Gasteiger partial charge in [0.05, 0.1) is 26.4 Å². The highest BCUT2D eigenvalue weighted by molar-refractivity contribution is 7.47. The molecule has 0 spiro atoms. The lowest BCUT2D eigenvalue weighted by atomic mass is 10.00. The predicted molar refractivity (Wildman–Crippen MR) is 331 cm³/mol. The Morgan fingerprint density at radius 2 is 0.578 bits per heavy atom. The lowest BCUT2D eigenvalue weighted by molar-refractivity contribution is -0.161. The van der Waals surface area contributed by atoms with Gasteiger partial charge in [0, 0.05) is 25.7 Å². The first-order valence-corrected chi connectivity index (χ1v) is 36.7. The summed E-state index contributed by atoms with van der Waals surface area (Å²) in [6, 6.07) is 0. The minimum Gasteiger partial charge on any atom is -0.462 e. The zero-order chi connectivity index (χ0) is 61.3. The van der Waals surface area contributed by atoms with Crippen molar-refractivity contribution >= 4 is 39.5 Å². The molecule has 0 bridgehead atoms. The van der Waals surface area contributed by atoms with Gasteiger partial charge in [0.25, 0.3) is 0 Å². The van der Waals surface area contributed by atoms with Gasteiger partial charge in [-0.1, -0.05) is 272 Å². The van der Waals surface area contributed by atoms with Gasteiger partial charge in [0.1, 0.15) is 19.3 Å². The van der Waals surface area contributed by atoms with E-state index in [1.54, 1.807) is 0 Å². The van der Waals surface area contributed by atoms with Gasteiger partial charge in [-0.05, 0) is 31.6 Å². The van der Waals surface area contributed by atoms with Crippen molar-refractivity contribution in [3.8, 4) is 0 Å². The Balaban J connectivity index is 5.24. The Morgan fingerprint density at radius 1 is 0.337 bits per heavy atom. The highest BCUT2D eigenvalue weighted by Crippen LogP contribution is 2.45. The number of carbonyl (C=O) groups is 4. The zero-order valence-corrected chi connectivity index (χ0v) is 55.1. The van der Waals surface area contributed by atoms with Crippen molar-refractivity contribution < 1.29 is 80.2 Å². The fourth-order valence-corrected chi connectivity index (χ4v) is 11.1. The summed E-state index contributed by atoms with van der Waals surface area (Å²) in [5.41, 5.74) is 0. The van der Waals surface area contributed by atoms with Gasteiger partial charge in [-0.25, -0.2) is 9.13 Å². The van der Waals surface area contributed by atoms with E-state index in [-0.39, 0.29) is 25.7 Å². The quantitative estimate of drug-likeness (QED) is 0.0222. The van der Waals surface area contributed by atoms with Gasteiger partial charge < -0.3 is 33.8 Å². The molecule has 0 aromatic rings. The minimum absolute atomic E-state index is 0.103. The maximum Gasteiger partial charge on any atom is 0.472 e. The number of unbranched alkanes of at least 4 members (excludes halogenated alkanes) is 35. The third kappa shape index (κ3) is 57.6. The van der Waals surface area contributed by atoms with Gasteiger partial charge >= 0.3 is 39.5 Å². The molecule has 0 aliphatic heterocycles. The van der Waals surface area contributed by atoms with Crippen molar-refractivity contribution in [2.24, 2.45) is 5.92 Å². The van der Waals surface area contributed by atoms with E-state index in [4.69, 9.17) is 37.0 Å². The average Bonchev–Trinajstić information content (AvgIpc) is 3.46. The number of ether oxygens (including phenoxy) is 4. The Hall–Kier alpha value is -1.94. The Bertz CT molecular complexity index is 1620. The summed E-state index contributed by atoms with van der Waals surface area (Å²) < 4.78 is 68.0. The first-order valence-electron chi connectivity index (χ1n) is 33.7. The molecule has 0 radical (unpaired) electrons. The van der Waals surface area contributed by atoms with Crippen LogP contribution in [0.15, 0.2) is 0 Å². The van der Waals surface area contributed by atoms with Gasteiger partial charge in [-0.3, -0.25) is 37.3 Å². The number of aliphatic hydroxyl groups excluding tert-OH is 1. The van der Waals surface area contributed by atoms with E-state index in [1.807, 2.05) is 0 Å². The second-order valence-electron chi connectivity index (χ2n) is 23.4. The van der Waals surface area contributed by atoms with Crippen LogP contribution in [0.4, 0.5) is 0 Å². The molecule has 83 heavy (non-hydrogen) atoms. The van der Waals surface area contributed by atoms with Crippen molar-refractivity contribution in [3.05, 3.63) is 0 Å². The second kappa shape index (κ2) is 57.8. The zero-order valence-electron chi connectivity index (χ0n) is 53.3. The highest BCUT2D eigenvalue weighted by Gasteiger charge is 2.30. The fraction of sp³-hybridized carbons (Fsp3) is 0.938. The van der Waals surface area contributed by atoms with Crippen LogP contribution in [0.1, 0.15) is 324 Å². The minimum atomic E-state index is -4.94. The van der Waals surface area contributed by atoms with E-state index in [0.717, 1.165) is 95.8 Å². The van der Waals surface area contributed by atoms with E-state index < -0.39 is 97.5 Å². The number of phosphoric acid groups is 2. The summed E-state index contributed by atoms with van der Waals surface area (Å²) in [4.78, 5) is 72.2. The van der Waals surface area contributed by atoms with Gasteiger partial charge in [-0.15, -0.1) is 0 Å². The van der Waals surface area contributed by atoms with Crippen LogP contribution in [-0.4, -0.2) is 96.7 Å². The van der Waals surface area contributed by atoms with Crippen molar-refractivity contribution in [2.45, 2.75) is 342 Å². The van der Waals surface area contributed by atoms with Crippen LogP contribution in [0.5, 0.6) is 0 Å². The Kier molecular flexibility index (Phi) is 56.4. The molecule has 0 aliphatic carbocycles. The van der Waals surface area contributed by atoms with E-state index in [1.165, 1.54) is 148 Å². The van der Waals surface area contributed by atoms with Crippen LogP contribution < -0.4 is 0 Å². The maximum absolute atomic E-state index is 13.0. The van der Waals surface area contributed by atoms with Crippen LogP contribution in [-0.2, 0) is 65.4 Å². The summed E-state index contributed by atoms with van der Waals surface area (Å²) in [6.45, 7) is 7.13. The maximum atomic E-state index is 13.0. The van der Waals surface area contributed by atoms with Crippen LogP contribution in [0.3, 0.4) is 0 Å². The number of phosphoric ester groups is 2. The van der Waals surface area contributed by atoms with Crippen molar-refractivity contribution in [1.82, 2.24) is 0 Å². The summed E-state index contributed by atoms with van der Waals surface area (Å²) in [7, 11) is -9.88. The average molecular weight is 1230 g/mol. The molecule has 6 atom stereocenters. The van der Waals surface area contributed by atoms with E-state index in [0.29, 0.717) is 25.7 Å².